The van der Waals surface area contributed by atoms with Gasteiger partial charge in [0, 0.05) is 32.1 Å². The Morgan fingerprint density at radius 2 is 2.05 bits per heavy atom. The number of unbranched alkanes of at least 4 members (excludes halogenated alkanes) is 3. The van der Waals surface area contributed by atoms with Gasteiger partial charge in [-0.1, -0.05) is 26.2 Å². The lowest BCUT2D eigenvalue weighted by Gasteiger charge is -2.12. The van der Waals surface area contributed by atoms with Gasteiger partial charge in [-0.3, -0.25) is 4.98 Å². The maximum Gasteiger partial charge on any atom is 0.0897 e. The van der Waals surface area contributed by atoms with Gasteiger partial charge in [0.1, 0.15) is 0 Å². The van der Waals surface area contributed by atoms with Crippen molar-refractivity contribution in [3.05, 3.63) is 30.1 Å². The Hall–Kier alpha value is -0.970. The van der Waals surface area contributed by atoms with Crippen LogP contribution < -0.4 is 5.32 Å². The first kappa shape index (κ1) is 16.1. The highest BCUT2D eigenvalue weighted by Gasteiger charge is 2.03. The number of nitrogens with zero attached hydrogens (tertiary/aromatic N) is 1. The molecule has 0 spiro atoms. The minimum absolute atomic E-state index is 0.412. The van der Waals surface area contributed by atoms with E-state index in [0.717, 1.165) is 19.6 Å². The Bertz CT molecular complexity index is 306. The van der Waals surface area contributed by atoms with Crippen molar-refractivity contribution in [1.29, 1.82) is 0 Å². The lowest BCUT2D eigenvalue weighted by atomic mass is 10.2. The fourth-order valence-corrected chi connectivity index (χ4v) is 1.79. The number of aromatic nitrogens is 1. The third-order valence-corrected chi connectivity index (χ3v) is 2.91. The molecule has 0 aromatic carbocycles. The van der Waals surface area contributed by atoms with Crippen molar-refractivity contribution in [3.63, 3.8) is 0 Å². The number of aliphatic hydroxyl groups is 1. The van der Waals surface area contributed by atoms with Gasteiger partial charge in [-0.15, -0.1) is 0 Å². The first-order valence-corrected chi connectivity index (χ1v) is 7.18. The molecule has 0 aliphatic carbocycles. The summed E-state index contributed by atoms with van der Waals surface area (Å²) in [7, 11) is 0. The summed E-state index contributed by atoms with van der Waals surface area (Å²) in [5.41, 5.74) is 1.17. The second-order valence-corrected chi connectivity index (χ2v) is 4.78. The number of hydrogen-bond donors (Lipinski definition) is 2. The predicted molar refractivity (Wildman–Crippen MR) is 76.9 cm³/mol. The standard InChI is InChI=1S/C15H26N2O2/c1-2-3-4-5-10-19-13-15(18)12-17-11-14-6-8-16-9-7-14/h6-9,15,17-18H,2-5,10-13H2,1H3. The van der Waals surface area contributed by atoms with E-state index in [1.165, 1.54) is 24.8 Å². The van der Waals surface area contributed by atoms with E-state index >= 15 is 0 Å². The van der Waals surface area contributed by atoms with Crippen LogP contribution in [0.15, 0.2) is 24.5 Å². The lowest BCUT2D eigenvalue weighted by Crippen LogP contribution is -2.30. The highest BCUT2D eigenvalue weighted by molar-refractivity contribution is 5.08. The molecule has 0 saturated heterocycles. The van der Waals surface area contributed by atoms with Crippen molar-refractivity contribution < 1.29 is 9.84 Å². The van der Waals surface area contributed by atoms with Crippen LogP contribution in [0.4, 0.5) is 0 Å². The van der Waals surface area contributed by atoms with Crippen LogP contribution in [-0.2, 0) is 11.3 Å². The monoisotopic (exact) mass is 266 g/mol. The molecular weight excluding hydrogens is 240 g/mol. The van der Waals surface area contributed by atoms with Gasteiger partial charge in [0.05, 0.1) is 12.7 Å². The third-order valence-electron chi connectivity index (χ3n) is 2.91. The molecule has 0 fully saturated rings. The van der Waals surface area contributed by atoms with Gasteiger partial charge in [0.25, 0.3) is 0 Å². The summed E-state index contributed by atoms with van der Waals surface area (Å²) in [6, 6.07) is 3.92. The van der Waals surface area contributed by atoms with Crippen molar-refractivity contribution in [2.24, 2.45) is 0 Å². The number of ether oxygens (including phenoxy) is 1. The molecule has 0 bridgehead atoms. The van der Waals surface area contributed by atoms with E-state index in [4.69, 9.17) is 4.74 Å². The Morgan fingerprint density at radius 3 is 2.79 bits per heavy atom. The molecule has 1 unspecified atom stereocenters. The van der Waals surface area contributed by atoms with E-state index in [9.17, 15) is 5.11 Å². The van der Waals surface area contributed by atoms with Crippen LogP contribution in [-0.4, -0.2) is 36.0 Å². The highest BCUT2D eigenvalue weighted by Crippen LogP contribution is 1.99. The van der Waals surface area contributed by atoms with Crippen molar-refractivity contribution in [3.8, 4) is 0 Å². The number of hydrogen-bond acceptors (Lipinski definition) is 4. The van der Waals surface area contributed by atoms with E-state index in [2.05, 4.69) is 17.2 Å². The minimum Gasteiger partial charge on any atom is -0.389 e. The van der Waals surface area contributed by atoms with Gasteiger partial charge in [-0.05, 0) is 24.1 Å². The van der Waals surface area contributed by atoms with Crippen LogP contribution in [0.25, 0.3) is 0 Å². The van der Waals surface area contributed by atoms with E-state index in [1.807, 2.05) is 12.1 Å². The zero-order valence-electron chi connectivity index (χ0n) is 11.8. The van der Waals surface area contributed by atoms with Crippen LogP contribution in [0.1, 0.15) is 38.2 Å². The maximum absolute atomic E-state index is 9.73. The van der Waals surface area contributed by atoms with Crippen LogP contribution >= 0.6 is 0 Å². The molecule has 2 N–H and O–H groups in total. The zero-order valence-corrected chi connectivity index (χ0v) is 11.8. The first-order valence-electron chi connectivity index (χ1n) is 7.18. The van der Waals surface area contributed by atoms with E-state index in [-0.39, 0.29) is 0 Å². The Balaban J connectivity index is 1.94. The highest BCUT2D eigenvalue weighted by atomic mass is 16.5. The van der Waals surface area contributed by atoms with Crippen molar-refractivity contribution in [1.82, 2.24) is 10.3 Å². The molecule has 0 amide bonds. The van der Waals surface area contributed by atoms with Gasteiger partial charge >= 0.3 is 0 Å². The number of rotatable bonds is 11. The van der Waals surface area contributed by atoms with E-state index in [1.54, 1.807) is 12.4 Å². The second kappa shape index (κ2) is 10.9. The topological polar surface area (TPSA) is 54.4 Å². The molecule has 1 heterocycles. The molecule has 1 aromatic rings. The first-order chi connectivity index (χ1) is 9.33. The molecule has 1 rings (SSSR count). The van der Waals surface area contributed by atoms with Crippen molar-refractivity contribution in [2.45, 2.75) is 45.3 Å². The van der Waals surface area contributed by atoms with Crippen molar-refractivity contribution >= 4 is 0 Å². The zero-order chi connectivity index (χ0) is 13.8. The molecular formula is C15H26N2O2. The molecule has 0 saturated carbocycles. The van der Waals surface area contributed by atoms with Gasteiger partial charge in [0.2, 0.25) is 0 Å². The minimum atomic E-state index is -0.437. The molecule has 108 valence electrons. The predicted octanol–water partition coefficient (Wildman–Crippen LogP) is 2.13. The molecule has 4 nitrogen and oxygen atoms in total. The fraction of sp³-hybridized carbons (Fsp3) is 0.667. The second-order valence-electron chi connectivity index (χ2n) is 4.78. The molecule has 1 atom stereocenters. The van der Waals surface area contributed by atoms with Gasteiger partial charge in [-0.2, -0.15) is 0 Å². The Kier molecular flexibility index (Phi) is 9.23. The van der Waals surface area contributed by atoms with E-state index in [0.29, 0.717) is 13.2 Å². The summed E-state index contributed by atoms with van der Waals surface area (Å²) >= 11 is 0. The summed E-state index contributed by atoms with van der Waals surface area (Å²) in [4.78, 5) is 3.96. The number of nitrogens with one attached hydrogen (secondary N) is 1. The normalized spacial score (nSPS) is 12.5. The summed E-state index contributed by atoms with van der Waals surface area (Å²) < 4.78 is 5.44. The van der Waals surface area contributed by atoms with Crippen LogP contribution in [0.3, 0.4) is 0 Å². The molecule has 1 aromatic heterocycles. The SMILES string of the molecule is CCCCCCOCC(O)CNCc1ccncc1. The van der Waals surface area contributed by atoms with Crippen LogP contribution in [0.2, 0.25) is 0 Å². The molecule has 0 aliphatic heterocycles. The van der Waals surface area contributed by atoms with Crippen molar-refractivity contribution in [2.75, 3.05) is 19.8 Å². The average molecular weight is 266 g/mol. The van der Waals surface area contributed by atoms with Crippen LogP contribution in [0, 0.1) is 0 Å². The Labute approximate surface area is 116 Å². The maximum atomic E-state index is 9.73. The number of aliphatic hydroxyl groups excluding tert-OH is 1. The summed E-state index contributed by atoms with van der Waals surface area (Å²) in [5, 5.41) is 12.9. The smallest absolute Gasteiger partial charge is 0.0897 e. The van der Waals surface area contributed by atoms with E-state index < -0.39 is 6.10 Å². The summed E-state index contributed by atoms with van der Waals surface area (Å²) in [5.74, 6) is 0. The lowest BCUT2D eigenvalue weighted by molar-refractivity contribution is 0.0353. The molecule has 0 aliphatic rings. The molecule has 4 heteroatoms. The third kappa shape index (κ3) is 8.70. The Morgan fingerprint density at radius 1 is 1.26 bits per heavy atom. The van der Waals surface area contributed by atoms with Crippen LogP contribution in [0.5, 0.6) is 0 Å². The van der Waals surface area contributed by atoms with Gasteiger partial charge in [0.15, 0.2) is 0 Å². The molecule has 19 heavy (non-hydrogen) atoms. The fourth-order valence-electron chi connectivity index (χ4n) is 1.79. The number of pyridine rings is 1. The molecule has 0 radical (unpaired) electrons. The van der Waals surface area contributed by atoms with Gasteiger partial charge in [-0.25, -0.2) is 0 Å². The quantitative estimate of drug-likeness (QED) is 0.602. The van der Waals surface area contributed by atoms with Gasteiger partial charge < -0.3 is 15.2 Å². The summed E-state index contributed by atoms with van der Waals surface area (Å²) in [6.45, 7) is 4.66. The average Bonchev–Trinajstić information content (AvgIpc) is 2.44. The largest absolute Gasteiger partial charge is 0.389 e. The summed E-state index contributed by atoms with van der Waals surface area (Å²) in [6.07, 6.45) is 7.91.